The Balaban J connectivity index is 1.96. The van der Waals surface area contributed by atoms with Crippen molar-refractivity contribution < 1.29 is 14.6 Å². The first-order chi connectivity index (χ1) is 12.2. The maximum absolute atomic E-state index is 12.1. The number of phenols is 1. The Bertz CT molecular complexity index is 792. The van der Waals surface area contributed by atoms with E-state index in [4.69, 9.17) is 4.74 Å². The van der Waals surface area contributed by atoms with Crippen LogP contribution in [0.25, 0.3) is 6.08 Å². The number of benzene rings is 2. The minimum Gasteiger partial charge on any atom is -0.504 e. The van der Waals surface area contributed by atoms with Gasteiger partial charge in [-0.25, -0.2) is 0 Å². The molecule has 0 saturated heterocycles. The summed E-state index contributed by atoms with van der Waals surface area (Å²) in [4.78, 5) is 12.1. The SMILES string of the molecule is COc1cccc(/C=C(\C#N)C(=O)NCCCc2ccccc2)c1O. The minimum absolute atomic E-state index is 0.0664. The van der Waals surface area contributed by atoms with E-state index in [9.17, 15) is 15.2 Å². The fourth-order valence-electron chi connectivity index (χ4n) is 2.36. The second-order valence-corrected chi connectivity index (χ2v) is 5.41. The lowest BCUT2D eigenvalue weighted by Gasteiger charge is -2.07. The molecule has 0 spiro atoms. The molecule has 25 heavy (non-hydrogen) atoms. The van der Waals surface area contributed by atoms with Crippen LogP contribution in [0.3, 0.4) is 0 Å². The van der Waals surface area contributed by atoms with E-state index >= 15 is 0 Å². The molecule has 0 aliphatic carbocycles. The summed E-state index contributed by atoms with van der Waals surface area (Å²) in [7, 11) is 1.44. The first-order valence-electron chi connectivity index (χ1n) is 7.95. The summed E-state index contributed by atoms with van der Waals surface area (Å²) < 4.78 is 5.02. The molecule has 2 aromatic rings. The van der Waals surface area contributed by atoms with Crippen molar-refractivity contribution in [2.45, 2.75) is 12.8 Å². The van der Waals surface area contributed by atoms with Crippen molar-refractivity contribution in [1.82, 2.24) is 5.32 Å². The third kappa shape index (κ3) is 5.11. The molecule has 2 aromatic carbocycles. The van der Waals surface area contributed by atoms with Gasteiger partial charge in [-0.2, -0.15) is 5.26 Å². The lowest BCUT2D eigenvalue weighted by Crippen LogP contribution is -2.25. The molecule has 0 aliphatic rings. The zero-order valence-electron chi connectivity index (χ0n) is 14.0. The number of nitrogens with one attached hydrogen (secondary N) is 1. The molecule has 0 fully saturated rings. The molecule has 0 aromatic heterocycles. The fraction of sp³-hybridized carbons (Fsp3) is 0.200. The van der Waals surface area contributed by atoms with E-state index < -0.39 is 5.91 Å². The molecule has 0 bridgehead atoms. The molecular weight excluding hydrogens is 316 g/mol. The average Bonchev–Trinajstić information content (AvgIpc) is 2.65. The van der Waals surface area contributed by atoms with Crippen LogP contribution in [-0.4, -0.2) is 24.7 Å². The third-order valence-corrected chi connectivity index (χ3v) is 3.69. The summed E-state index contributed by atoms with van der Waals surface area (Å²) in [5.74, 6) is -0.276. The monoisotopic (exact) mass is 336 g/mol. The first kappa shape index (κ1) is 18.1. The average molecular weight is 336 g/mol. The highest BCUT2D eigenvalue weighted by Crippen LogP contribution is 2.30. The zero-order valence-corrected chi connectivity index (χ0v) is 14.0. The number of nitrogens with zero attached hydrogens (tertiary/aromatic N) is 1. The molecule has 0 atom stereocenters. The van der Waals surface area contributed by atoms with Crippen molar-refractivity contribution >= 4 is 12.0 Å². The minimum atomic E-state index is -0.460. The Morgan fingerprint density at radius 1 is 1.24 bits per heavy atom. The summed E-state index contributed by atoms with van der Waals surface area (Å²) in [6.07, 6.45) is 2.98. The van der Waals surface area contributed by atoms with Gasteiger partial charge in [0, 0.05) is 12.1 Å². The van der Waals surface area contributed by atoms with Crippen molar-refractivity contribution in [3.8, 4) is 17.6 Å². The number of hydrogen-bond donors (Lipinski definition) is 2. The summed E-state index contributed by atoms with van der Waals surface area (Å²) in [6.45, 7) is 0.469. The molecule has 5 heteroatoms. The van der Waals surface area contributed by atoms with E-state index in [1.54, 1.807) is 18.2 Å². The van der Waals surface area contributed by atoms with Crippen LogP contribution in [0.15, 0.2) is 54.1 Å². The number of nitriles is 1. The van der Waals surface area contributed by atoms with Gasteiger partial charge in [-0.3, -0.25) is 4.79 Å². The molecule has 0 unspecified atom stereocenters. The largest absolute Gasteiger partial charge is 0.504 e. The van der Waals surface area contributed by atoms with Crippen LogP contribution in [0, 0.1) is 11.3 Å². The number of ether oxygens (including phenoxy) is 1. The van der Waals surface area contributed by atoms with Crippen molar-refractivity contribution in [3.05, 3.63) is 65.2 Å². The lowest BCUT2D eigenvalue weighted by molar-refractivity contribution is -0.117. The summed E-state index contributed by atoms with van der Waals surface area (Å²) in [5.41, 5.74) is 1.49. The Morgan fingerprint density at radius 3 is 2.68 bits per heavy atom. The van der Waals surface area contributed by atoms with Crippen molar-refractivity contribution in [3.63, 3.8) is 0 Å². The third-order valence-electron chi connectivity index (χ3n) is 3.69. The van der Waals surface area contributed by atoms with E-state index in [2.05, 4.69) is 5.32 Å². The number of carbonyl (C=O) groups excluding carboxylic acids is 1. The van der Waals surface area contributed by atoms with Crippen LogP contribution in [0.5, 0.6) is 11.5 Å². The van der Waals surface area contributed by atoms with Crippen molar-refractivity contribution in [2.24, 2.45) is 0 Å². The molecule has 128 valence electrons. The number of phenolic OH excluding ortho intramolecular Hbond substituents is 1. The molecule has 2 N–H and O–H groups in total. The Kier molecular flexibility index (Phi) is 6.61. The number of amides is 1. The van der Waals surface area contributed by atoms with Gasteiger partial charge >= 0.3 is 0 Å². The normalized spacial score (nSPS) is 10.8. The number of aryl methyl sites for hydroxylation is 1. The zero-order chi connectivity index (χ0) is 18.1. The maximum Gasteiger partial charge on any atom is 0.261 e. The van der Waals surface area contributed by atoms with Gasteiger partial charge in [0.15, 0.2) is 11.5 Å². The van der Waals surface area contributed by atoms with Crippen LogP contribution in [0.4, 0.5) is 0 Å². The van der Waals surface area contributed by atoms with Gasteiger partial charge in [0.2, 0.25) is 0 Å². The summed E-state index contributed by atoms with van der Waals surface area (Å²) >= 11 is 0. The van der Waals surface area contributed by atoms with Gasteiger partial charge < -0.3 is 15.2 Å². The van der Waals surface area contributed by atoms with Crippen LogP contribution < -0.4 is 10.1 Å². The predicted octanol–water partition coefficient (Wildman–Crippen LogP) is 3.06. The predicted molar refractivity (Wildman–Crippen MR) is 96.0 cm³/mol. The number of carbonyl (C=O) groups is 1. The Morgan fingerprint density at radius 2 is 2.00 bits per heavy atom. The molecular formula is C20H20N2O3. The molecule has 2 rings (SSSR count). The molecule has 1 amide bonds. The van der Waals surface area contributed by atoms with Crippen LogP contribution in [-0.2, 0) is 11.2 Å². The fourth-order valence-corrected chi connectivity index (χ4v) is 2.36. The van der Waals surface area contributed by atoms with Crippen LogP contribution in [0.2, 0.25) is 0 Å². The second-order valence-electron chi connectivity index (χ2n) is 5.41. The van der Waals surface area contributed by atoms with E-state index in [1.807, 2.05) is 36.4 Å². The number of methoxy groups -OCH3 is 1. The number of aromatic hydroxyl groups is 1. The standard InChI is InChI=1S/C20H20N2O3/c1-25-18-11-5-10-16(19(18)23)13-17(14-21)20(24)22-12-6-9-15-7-3-2-4-8-15/h2-5,7-8,10-11,13,23H,6,9,12H2,1H3,(H,22,24)/b17-13+. The second kappa shape index (κ2) is 9.14. The van der Waals surface area contributed by atoms with Gasteiger partial charge in [0.25, 0.3) is 5.91 Å². The number of para-hydroxylation sites is 1. The Hall–Kier alpha value is -3.26. The maximum atomic E-state index is 12.1. The van der Waals surface area contributed by atoms with Crippen molar-refractivity contribution in [1.29, 1.82) is 5.26 Å². The van der Waals surface area contributed by atoms with Gasteiger partial charge in [-0.1, -0.05) is 42.5 Å². The van der Waals surface area contributed by atoms with Crippen LogP contribution in [0.1, 0.15) is 17.5 Å². The van der Waals surface area contributed by atoms with E-state index in [-0.39, 0.29) is 17.1 Å². The van der Waals surface area contributed by atoms with E-state index in [0.717, 1.165) is 12.8 Å². The molecule has 0 radical (unpaired) electrons. The lowest BCUT2D eigenvalue weighted by atomic mass is 10.1. The van der Waals surface area contributed by atoms with Gasteiger partial charge in [0.1, 0.15) is 11.6 Å². The van der Waals surface area contributed by atoms with E-state index in [1.165, 1.54) is 18.7 Å². The number of hydrogen-bond acceptors (Lipinski definition) is 4. The topological polar surface area (TPSA) is 82.3 Å². The van der Waals surface area contributed by atoms with Gasteiger partial charge in [-0.05, 0) is 30.5 Å². The molecule has 5 nitrogen and oxygen atoms in total. The highest BCUT2D eigenvalue weighted by Gasteiger charge is 2.11. The molecule has 0 heterocycles. The number of rotatable bonds is 7. The van der Waals surface area contributed by atoms with Crippen molar-refractivity contribution in [2.75, 3.05) is 13.7 Å². The highest BCUT2D eigenvalue weighted by atomic mass is 16.5. The smallest absolute Gasteiger partial charge is 0.261 e. The highest BCUT2D eigenvalue weighted by molar-refractivity contribution is 6.02. The first-order valence-corrected chi connectivity index (χ1v) is 7.95. The quantitative estimate of drug-likeness (QED) is 0.462. The van der Waals surface area contributed by atoms with Gasteiger partial charge in [-0.15, -0.1) is 0 Å². The summed E-state index contributed by atoms with van der Waals surface area (Å²) in [6, 6.07) is 16.7. The van der Waals surface area contributed by atoms with Crippen LogP contribution >= 0.6 is 0 Å². The Labute approximate surface area is 147 Å². The molecule has 0 aliphatic heterocycles. The van der Waals surface area contributed by atoms with E-state index in [0.29, 0.717) is 12.1 Å². The summed E-state index contributed by atoms with van der Waals surface area (Å²) in [5, 5.41) is 22.0. The molecule has 0 saturated carbocycles. The van der Waals surface area contributed by atoms with Gasteiger partial charge in [0.05, 0.1) is 7.11 Å².